The van der Waals surface area contributed by atoms with Gasteiger partial charge in [-0.05, 0) is 34.9 Å². The zero-order valence-electron chi connectivity index (χ0n) is 16.0. The maximum absolute atomic E-state index is 14.3. The topological polar surface area (TPSA) is 46.6 Å². The Kier molecular flexibility index (Phi) is 4.89. The van der Waals surface area contributed by atoms with E-state index in [-0.39, 0.29) is 12.3 Å². The zero-order valence-corrected chi connectivity index (χ0v) is 16.0. The van der Waals surface area contributed by atoms with Gasteiger partial charge >= 0.3 is 5.97 Å². The summed E-state index contributed by atoms with van der Waals surface area (Å²) >= 11 is 0. The second-order valence-corrected chi connectivity index (χ2v) is 7.06. The lowest BCUT2D eigenvalue weighted by Gasteiger charge is -2.28. The van der Waals surface area contributed by atoms with E-state index in [1.807, 2.05) is 36.4 Å². The van der Waals surface area contributed by atoms with Gasteiger partial charge in [-0.1, -0.05) is 60.7 Å². The van der Waals surface area contributed by atoms with Crippen molar-refractivity contribution in [3.63, 3.8) is 0 Å². The molecular formula is C24H20FNO3. The van der Waals surface area contributed by atoms with Crippen molar-refractivity contribution in [1.29, 1.82) is 0 Å². The Morgan fingerprint density at radius 3 is 2.31 bits per heavy atom. The third-order valence-electron chi connectivity index (χ3n) is 5.41. The highest BCUT2D eigenvalue weighted by Crippen LogP contribution is 2.49. The molecule has 0 unspecified atom stereocenters. The molecular weight excluding hydrogens is 369 g/mol. The highest BCUT2D eigenvalue weighted by Gasteiger charge is 2.53. The molecule has 0 N–H and O–H groups in total. The summed E-state index contributed by atoms with van der Waals surface area (Å²) < 4.78 is 19.2. The molecule has 0 aliphatic carbocycles. The average Bonchev–Trinajstić information content (AvgIpc) is 2.98. The Morgan fingerprint density at radius 2 is 1.66 bits per heavy atom. The van der Waals surface area contributed by atoms with Crippen molar-refractivity contribution in [1.82, 2.24) is 0 Å². The standard InChI is InChI=1S/C24H20FNO3/c1-29-22(27)15-24(18-10-6-3-7-11-18)20-14-19(25)12-13-21(20)26(23(24)28)16-17-8-4-2-5-9-17/h2-14H,15-16H2,1H3/t24-/m0/s1. The second-order valence-electron chi connectivity index (χ2n) is 7.06. The Labute approximate surface area is 168 Å². The maximum atomic E-state index is 14.3. The fraction of sp³-hybridized carbons (Fsp3) is 0.167. The van der Waals surface area contributed by atoms with E-state index >= 15 is 0 Å². The molecule has 146 valence electrons. The summed E-state index contributed by atoms with van der Waals surface area (Å²) in [6.45, 7) is 0.327. The van der Waals surface area contributed by atoms with E-state index in [9.17, 15) is 14.0 Å². The normalized spacial score (nSPS) is 17.9. The third-order valence-corrected chi connectivity index (χ3v) is 5.41. The van der Waals surface area contributed by atoms with Gasteiger partial charge in [-0.2, -0.15) is 0 Å². The average molecular weight is 389 g/mol. The molecule has 1 atom stereocenters. The van der Waals surface area contributed by atoms with Gasteiger partial charge in [0, 0.05) is 5.69 Å². The van der Waals surface area contributed by atoms with E-state index in [4.69, 9.17) is 4.74 Å². The molecule has 0 saturated carbocycles. The van der Waals surface area contributed by atoms with Crippen LogP contribution in [0.3, 0.4) is 0 Å². The second kappa shape index (κ2) is 7.51. The number of carbonyl (C=O) groups excluding carboxylic acids is 2. The van der Waals surface area contributed by atoms with Gasteiger partial charge in [-0.25, -0.2) is 4.39 Å². The molecule has 3 aromatic carbocycles. The number of hydrogen-bond acceptors (Lipinski definition) is 3. The van der Waals surface area contributed by atoms with Crippen molar-refractivity contribution < 1.29 is 18.7 Å². The highest BCUT2D eigenvalue weighted by molar-refractivity contribution is 6.12. The lowest BCUT2D eigenvalue weighted by Crippen LogP contribution is -2.42. The number of hydrogen-bond donors (Lipinski definition) is 0. The zero-order chi connectivity index (χ0) is 20.4. The minimum atomic E-state index is -1.33. The van der Waals surface area contributed by atoms with Crippen molar-refractivity contribution in [2.24, 2.45) is 0 Å². The first-order chi connectivity index (χ1) is 14.1. The van der Waals surface area contributed by atoms with Crippen molar-refractivity contribution >= 4 is 17.6 Å². The van der Waals surface area contributed by atoms with E-state index in [0.717, 1.165) is 5.56 Å². The molecule has 5 heteroatoms. The molecule has 0 bridgehead atoms. The Morgan fingerprint density at radius 1 is 1.00 bits per heavy atom. The van der Waals surface area contributed by atoms with Crippen LogP contribution < -0.4 is 4.90 Å². The van der Waals surface area contributed by atoms with E-state index in [1.54, 1.807) is 35.2 Å². The smallest absolute Gasteiger partial charge is 0.307 e. The van der Waals surface area contributed by atoms with Gasteiger partial charge < -0.3 is 9.64 Å². The SMILES string of the molecule is COC(=O)C[C@@]1(c2ccccc2)C(=O)N(Cc2ccccc2)c2ccc(F)cc21. The minimum absolute atomic E-state index is 0.200. The van der Waals surface area contributed by atoms with E-state index in [0.29, 0.717) is 23.4 Å². The molecule has 1 heterocycles. The molecule has 0 fully saturated rings. The summed E-state index contributed by atoms with van der Waals surface area (Å²) in [5.74, 6) is -1.25. The monoisotopic (exact) mass is 389 g/mol. The van der Waals surface area contributed by atoms with E-state index in [2.05, 4.69) is 0 Å². The van der Waals surface area contributed by atoms with Gasteiger partial charge in [-0.15, -0.1) is 0 Å². The molecule has 4 rings (SSSR count). The number of esters is 1. The lowest BCUT2D eigenvalue weighted by molar-refractivity contribution is -0.143. The summed E-state index contributed by atoms with van der Waals surface area (Å²) in [4.78, 5) is 27.8. The van der Waals surface area contributed by atoms with Gasteiger partial charge in [0.1, 0.15) is 11.2 Å². The maximum Gasteiger partial charge on any atom is 0.307 e. The summed E-state index contributed by atoms with van der Waals surface area (Å²) in [6, 6.07) is 22.9. The van der Waals surface area contributed by atoms with Crippen molar-refractivity contribution in [2.45, 2.75) is 18.4 Å². The number of fused-ring (bicyclic) bond motifs is 1. The van der Waals surface area contributed by atoms with Crippen LogP contribution in [0.4, 0.5) is 10.1 Å². The molecule has 1 aliphatic rings. The van der Waals surface area contributed by atoms with Gasteiger partial charge in [0.15, 0.2) is 0 Å². The van der Waals surface area contributed by atoms with Crippen molar-refractivity contribution in [3.05, 3.63) is 101 Å². The predicted octanol–water partition coefficient (Wildman–Crippen LogP) is 4.22. The van der Waals surface area contributed by atoms with E-state index in [1.165, 1.54) is 19.2 Å². The molecule has 4 nitrogen and oxygen atoms in total. The first-order valence-corrected chi connectivity index (χ1v) is 9.34. The fourth-order valence-corrected chi connectivity index (χ4v) is 4.03. The molecule has 3 aromatic rings. The van der Waals surface area contributed by atoms with Crippen molar-refractivity contribution in [3.8, 4) is 0 Å². The molecule has 0 spiro atoms. The van der Waals surface area contributed by atoms with Gasteiger partial charge in [0.25, 0.3) is 0 Å². The fourth-order valence-electron chi connectivity index (χ4n) is 4.03. The number of nitrogens with zero attached hydrogens (tertiary/aromatic N) is 1. The third kappa shape index (κ3) is 3.18. The Balaban J connectivity index is 1.92. The van der Waals surface area contributed by atoms with Gasteiger partial charge in [0.2, 0.25) is 5.91 Å². The number of benzene rings is 3. The van der Waals surface area contributed by atoms with Crippen LogP contribution in [-0.2, 0) is 26.3 Å². The van der Waals surface area contributed by atoms with Crippen LogP contribution in [0.5, 0.6) is 0 Å². The van der Waals surface area contributed by atoms with Gasteiger partial charge in [-0.3, -0.25) is 9.59 Å². The largest absolute Gasteiger partial charge is 0.469 e. The van der Waals surface area contributed by atoms with Crippen LogP contribution in [0.1, 0.15) is 23.1 Å². The number of amides is 1. The van der Waals surface area contributed by atoms with Crippen LogP contribution in [-0.4, -0.2) is 19.0 Å². The quantitative estimate of drug-likeness (QED) is 0.614. The Bertz CT molecular complexity index is 1050. The number of rotatable bonds is 5. The highest BCUT2D eigenvalue weighted by atomic mass is 19.1. The number of ether oxygens (including phenoxy) is 1. The van der Waals surface area contributed by atoms with E-state index < -0.39 is 17.2 Å². The number of methoxy groups -OCH3 is 1. The summed E-state index contributed by atoms with van der Waals surface area (Å²) in [6.07, 6.45) is -0.200. The van der Waals surface area contributed by atoms with Gasteiger partial charge in [0.05, 0.1) is 20.1 Å². The molecule has 0 aromatic heterocycles. The lowest BCUT2D eigenvalue weighted by atomic mass is 9.73. The summed E-state index contributed by atoms with van der Waals surface area (Å²) in [5.41, 5.74) is 1.33. The van der Waals surface area contributed by atoms with Crippen molar-refractivity contribution in [2.75, 3.05) is 12.0 Å². The van der Waals surface area contributed by atoms with Crippen LogP contribution in [0, 0.1) is 5.82 Å². The molecule has 0 radical (unpaired) electrons. The van der Waals surface area contributed by atoms with Crippen LogP contribution in [0.2, 0.25) is 0 Å². The number of halogens is 1. The first kappa shape index (κ1) is 18.9. The molecule has 0 saturated heterocycles. The molecule has 1 amide bonds. The van der Waals surface area contributed by atoms with Crippen LogP contribution in [0.25, 0.3) is 0 Å². The summed E-state index contributed by atoms with van der Waals surface area (Å²) in [5, 5.41) is 0. The predicted molar refractivity (Wildman–Crippen MR) is 108 cm³/mol. The molecule has 29 heavy (non-hydrogen) atoms. The first-order valence-electron chi connectivity index (χ1n) is 9.34. The summed E-state index contributed by atoms with van der Waals surface area (Å²) in [7, 11) is 1.29. The minimum Gasteiger partial charge on any atom is -0.469 e. The number of anilines is 1. The Hall–Kier alpha value is -3.47. The number of carbonyl (C=O) groups is 2. The molecule has 1 aliphatic heterocycles. The van der Waals surface area contributed by atoms with Crippen LogP contribution >= 0.6 is 0 Å². The van der Waals surface area contributed by atoms with Crippen LogP contribution in [0.15, 0.2) is 78.9 Å².